The van der Waals surface area contributed by atoms with Crippen LogP contribution < -0.4 is 0 Å². The number of hydroxylamine groups is 2. The van der Waals surface area contributed by atoms with Gasteiger partial charge in [-0.25, -0.2) is 4.79 Å². The highest BCUT2D eigenvalue weighted by molar-refractivity contribution is 6.41. The van der Waals surface area contributed by atoms with Gasteiger partial charge in [0, 0.05) is 29.8 Å². The monoisotopic (exact) mass is 407 g/mol. The molecule has 0 saturated heterocycles. The van der Waals surface area contributed by atoms with E-state index in [4.69, 9.17) is 9.57 Å². The van der Waals surface area contributed by atoms with E-state index in [0.717, 1.165) is 0 Å². The summed E-state index contributed by atoms with van der Waals surface area (Å²) < 4.78 is 6.36. The van der Waals surface area contributed by atoms with Crippen LogP contribution in [0.2, 0.25) is 0 Å². The standard InChI is InChI=1S/C21H17N3O6/c1-3-29-21(28)18(25)13-9-8-12-10-23(2)22-17(12)16(13)11-30-24-19(26)14-6-4-5-7-15(14)20(24)27/h4-10H,3,11H2,1-2H3. The average molecular weight is 407 g/mol. The quantitative estimate of drug-likeness (QED) is 0.266. The van der Waals surface area contributed by atoms with Crippen LogP contribution in [0, 0.1) is 0 Å². The molecule has 4 rings (SSSR count). The van der Waals surface area contributed by atoms with E-state index in [1.54, 1.807) is 43.0 Å². The SMILES string of the molecule is CCOC(=O)C(=O)c1ccc2cn(C)nc2c1CON1C(=O)c2ccccc2C1=O. The van der Waals surface area contributed by atoms with Crippen LogP contribution in [0.4, 0.5) is 0 Å². The molecule has 0 saturated carbocycles. The molecule has 9 heteroatoms. The van der Waals surface area contributed by atoms with Crippen molar-refractivity contribution in [2.75, 3.05) is 6.61 Å². The summed E-state index contributed by atoms with van der Waals surface area (Å²) in [5.74, 6) is -3.05. The predicted octanol–water partition coefficient (Wildman–Crippen LogP) is 2.05. The summed E-state index contributed by atoms with van der Waals surface area (Å²) >= 11 is 0. The summed E-state index contributed by atoms with van der Waals surface area (Å²) in [5, 5.41) is 5.69. The number of aromatic nitrogens is 2. The van der Waals surface area contributed by atoms with Gasteiger partial charge in [0.05, 0.1) is 23.3 Å². The first kappa shape index (κ1) is 19.5. The smallest absolute Gasteiger partial charge is 0.379 e. The lowest BCUT2D eigenvalue weighted by Gasteiger charge is -2.15. The Balaban J connectivity index is 1.69. The second-order valence-corrected chi connectivity index (χ2v) is 6.61. The van der Waals surface area contributed by atoms with Crippen LogP contribution in [0.1, 0.15) is 43.6 Å². The molecular formula is C21H17N3O6. The molecule has 2 heterocycles. The molecule has 30 heavy (non-hydrogen) atoms. The van der Waals surface area contributed by atoms with Crippen molar-refractivity contribution in [3.8, 4) is 0 Å². The summed E-state index contributed by atoms with van der Waals surface area (Å²) in [6, 6.07) is 9.50. The van der Waals surface area contributed by atoms with Crippen molar-refractivity contribution >= 4 is 34.5 Å². The zero-order chi connectivity index (χ0) is 21.4. The zero-order valence-electron chi connectivity index (χ0n) is 16.2. The summed E-state index contributed by atoms with van der Waals surface area (Å²) in [5.41, 5.74) is 1.21. The number of Topliss-reactive ketones (excluding diaryl/α,β-unsaturated/α-hetero) is 1. The topological polar surface area (TPSA) is 108 Å². The van der Waals surface area contributed by atoms with E-state index >= 15 is 0 Å². The van der Waals surface area contributed by atoms with Crippen LogP contribution in [0.15, 0.2) is 42.6 Å². The molecule has 2 aromatic carbocycles. The molecule has 1 aliphatic rings. The molecule has 152 valence electrons. The second-order valence-electron chi connectivity index (χ2n) is 6.61. The van der Waals surface area contributed by atoms with Gasteiger partial charge < -0.3 is 4.74 Å². The predicted molar refractivity (Wildman–Crippen MR) is 103 cm³/mol. The maximum absolute atomic E-state index is 12.6. The Bertz CT molecular complexity index is 1180. The minimum absolute atomic E-state index is 0.0382. The summed E-state index contributed by atoms with van der Waals surface area (Å²) in [4.78, 5) is 55.2. The fourth-order valence-electron chi connectivity index (χ4n) is 3.34. The molecule has 0 spiro atoms. The Morgan fingerprint density at radius 2 is 1.70 bits per heavy atom. The van der Waals surface area contributed by atoms with E-state index in [1.807, 2.05) is 0 Å². The van der Waals surface area contributed by atoms with Crippen molar-refractivity contribution in [1.82, 2.24) is 14.8 Å². The van der Waals surface area contributed by atoms with Gasteiger partial charge in [-0.1, -0.05) is 18.2 Å². The summed E-state index contributed by atoms with van der Waals surface area (Å²) in [6.07, 6.45) is 1.74. The number of benzene rings is 2. The highest BCUT2D eigenvalue weighted by atomic mass is 16.7. The van der Waals surface area contributed by atoms with Crippen LogP contribution in [0.3, 0.4) is 0 Å². The number of nitrogens with zero attached hydrogens (tertiary/aromatic N) is 3. The van der Waals surface area contributed by atoms with Crippen molar-refractivity contribution in [1.29, 1.82) is 0 Å². The van der Waals surface area contributed by atoms with Crippen LogP contribution in [0.25, 0.3) is 10.9 Å². The highest BCUT2D eigenvalue weighted by Crippen LogP contribution is 2.27. The normalized spacial score (nSPS) is 13.1. The Morgan fingerprint density at radius 1 is 1.03 bits per heavy atom. The number of esters is 1. The number of fused-ring (bicyclic) bond motifs is 2. The first-order valence-corrected chi connectivity index (χ1v) is 9.19. The number of ether oxygens (including phenoxy) is 1. The number of carbonyl (C=O) groups excluding carboxylic acids is 4. The Kier molecular flexibility index (Phi) is 4.88. The Morgan fingerprint density at radius 3 is 2.33 bits per heavy atom. The summed E-state index contributed by atoms with van der Waals surface area (Å²) in [6.45, 7) is 1.33. The van der Waals surface area contributed by atoms with Gasteiger partial charge in [0.1, 0.15) is 6.61 Å². The lowest BCUT2D eigenvalue weighted by atomic mass is 10.0. The van der Waals surface area contributed by atoms with E-state index in [1.165, 1.54) is 18.2 Å². The third kappa shape index (κ3) is 3.15. The van der Waals surface area contributed by atoms with E-state index in [9.17, 15) is 19.2 Å². The van der Waals surface area contributed by atoms with Crippen molar-refractivity contribution in [2.45, 2.75) is 13.5 Å². The van der Waals surface area contributed by atoms with Gasteiger partial charge in [-0.15, -0.1) is 5.06 Å². The minimum Gasteiger partial charge on any atom is -0.460 e. The largest absolute Gasteiger partial charge is 0.460 e. The van der Waals surface area contributed by atoms with Crippen LogP contribution in [0.5, 0.6) is 0 Å². The lowest BCUT2D eigenvalue weighted by Crippen LogP contribution is -2.30. The van der Waals surface area contributed by atoms with Crippen molar-refractivity contribution in [3.05, 3.63) is 64.8 Å². The van der Waals surface area contributed by atoms with Gasteiger partial charge in [-0.05, 0) is 25.1 Å². The average Bonchev–Trinajstić information content (AvgIpc) is 3.23. The van der Waals surface area contributed by atoms with Crippen molar-refractivity contribution < 1.29 is 28.8 Å². The molecule has 2 amide bonds. The van der Waals surface area contributed by atoms with Crippen LogP contribution in [-0.2, 0) is 28.0 Å². The molecule has 0 bridgehead atoms. The van der Waals surface area contributed by atoms with Gasteiger partial charge in [-0.3, -0.25) is 23.9 Å². The third-order valence-electron chi connectivity index (χ3n) is 4.70. The molecule has 0 N–H and O–H groups in total. The molecule has 0 aliphatic carbocycles. The van der Waals surface area contributed by atoms with Gasteiger partial charge in [0.25, 0.3) is 17.6 Å². The van der Waals surface area contributed by atoms with Crippen molar-refractivity contribution in [3.63, 3.8) is 0 Å². The number of rotatable bonds is 6. The van der Waals surface area contributed by atoms with Gasteiger partial charge in [0.15, 0.2) is 0 Å². The number of carbonyl (C=O) groups is 4. The van der Waals surface area contributed by atoms with E-state index < -0.39 is 23.6 Å². The molecule has 0 unspecified atom stereocenters. The maximum Gasteiger partial charge on any atom is 0.379 e. The van der Waals surface area contributed by atoms with Gasteiger partial charge in [-0.2, -0.15) is 5.10 Å². The molecule has 9 nitrogen and oxygen atoms in total. The lowest BCUT2D eigenvalue weighted by molar-refractivity contribution is -0.137. The van der Waals surface area contributed by atoms with E-state index in [2.05, 4.69) is 5.10 Å². The van der Waals surface area contributed by atoms with Gasteiger partial charge >= 0.3 is 5.97 Å². The molecule has 1 aliphatic heterocycles. The Hall–Kier alpha value is -3.85. The number of ketones is 1. The third-order valence-corrected chi connectivity index (χ3v) is 4.70. The van der Waals surface area contributed by atoms with Crippen molar-refractivity contribution in [2.24, 2.45) is 7.05 Å². The molecule has 0 atom stereocenters. The fraction of sp³-hybridized carbons (Fsp3) is 0.190. The molecule has 0 radical (unpaired) electrons. The number of hydrogen-bond donors (Lipinski definition) is 0. The number of imide groups is 1. The fourth-order valence-corrected chi connectivity index (χ4v) is 3.34. The Labute approximate surface area is 170 Å². The highest BCUT2D eigenvalue weighted by Gasteiger charge is 2.37. The van der Waals surface area contributed by atoms with Crippen LogP contribution >= 0.6 is 0 Å². The van der Waals surface area contributed by atoms with E-state index in [0.29, 0.717) is 16.0 Å². The minimum atomic E-state index is -1.00. The van der Waals surface area contributed by atoms with E-state index in [-0.39, 0.29) is 35.5 Å². The van der Waals surface area contributed by atoms with Crippen LogP contribution in [-0.4, -0.2) is 45.0 Å². The maximum atomic E-state index is 12.6. The molecule has 1 aromatic heterocycles. The number of aryl methyl sites for hydroxylation is 1. The second kappa shape index (κ2) is 7.53. The first-order valence-electron chi connectivity index (χ1n) is 9.19. The number of amides is 2. The first-order chi connectivity index (χ1) is 14.4. The molecule has 0 fully saturated rings. The molecular weight excluding hydrogens is 390 g/mol. The molecule has 3 aromatic rings. The van der Waals surface area contributed by atoms with Gasteiger partial charge in [0.2, 0.25) is 0 Å². The zero-order valence-corrected chi connectivity index (χ0v) is 16.2. The summed E-state index contributed by atoms with van der Waals surface area (Å²) in [7, 11) is 1.71. The number of hydrogen-bond acceptors (Lipinski definition) is 7.